The van der Waals surface area contributed by atoms with Crippen LogP contribution in [0.2, 0.25) is 0 Å². The van der Waals surface area contributed by atoms with Gasteiger partial charge in [0, 0.05) is 16.6 Å². The van der Waals surface area contributed by atoms with Gasteiger partial charge in [-0.05, 0) is 49.9 Å². The number of fused-ring (bicyclic) bond motifs is 2. The first kappa shape index (κ1) is 18.8. The lowest BCUT2D eigenvalue weighted by molar-refractivity contribution is -0.159. The average molecular weight is 334 g/mol. The van der Waals surface area contributed by atoms with Crippen LogP contribution in [0.1, 0.15) is 53.9 Å². The van der Waals surface area contributed by atoms with Gasteiger partial charge in [0.2, 0.25) is 0 Å². The highest BCUT2D eigenvalue weighted by molar-refractivity contribution is 5.87. The van der Waals surface area contributed by atoms with Crippen molar-refractivity contribution in [3.8, 4) is 0 Å². The van der Waals surface area contributed by atoms with Gasteiger partial charge in [-0.1, -0.05) is 33.9 Å². The monoisotopic (exact) mass is 334 g/mol. The first-order chi connectivity index (χ1) is 11.0. The van der Waals surface area contributed by atoms with Crippen molar-refractivity contribution in [1.82, 2.24) is 0 Å². The zero-order chi connectivity index (χ0) is 18.3. The van der Waals surface area contributed by atoms with Crippen molar-refractivity contribution >= 4 is 11.9 Å². The van der Waals surface area contributed by atoms with Crippen molar-refractivity contribution in [1.29, 1.82) is 0 Å². The summed E-state index contributed by atoms with van der Waals surface area (Å²) in [4.78, 5) is 23.8. The predicted octanol–water partition coefficient (Wildman–Crippen LogP) is 4.06. The van der Waals surface area contributed by atoms with Crippen molar-refractivity contribution in [2.75, 3.05) is 13.2 Å². The lowest BCUT2D eigenvalue weighted by Crippen LogP contribution is -2.48. The van der Waals surface area contributed by atoms with Gasteiger partial charge in [0.1, 0.15) is 13.2 Å². The Labute approximate surface area is 145 Å². The van der Waals surface area contributed by atoms with Crippen molar-refractivity contribution in [2.45, 2.75) is 53.9 Å². The standard InChI is InChI=1S/C20H30O4/c1-13(2)16(21)23-11-20(12-24-17(22)14(3)4)10-15-8-9-19(20,7)18(15,5)6/h15H,1,3,8-12H2,2,4-7H3. The van der Waals surface area contributed by atoms with Crippen molar-refractivity contribution in [3.05, 3.63) is 24.3 Å². The molecule has 0 heterocycles. The summed E-state index contributed by atoms with van der Waals surface area (Å²) in [6, 6.07) is 0. The molecule has 0 radical (unpaired) electrons. The lowest BCUT2D eigenvalue weighted by atomic mass is 9.59. The Kier molecular flexibility index (Phi) is 4.73. The molecule has 0 spiro atoms. The molecule has 134 valence electrons. The molecule has 2 aliphatic rings. The molecule has 2 bridgehead atoms. The SMILES string of the molecule is C=C(C)C(=O)OCC1(COC(=O)C(=C)C)CC2CCC1(C)C2(C)C. The molecule has 2 unspecified atom stereocenters. The molecule has 4 nitrogen and oxygen atoms in total. The highest BCUT2D eigenvalue weighted by Crippen LogP contribution is 2.73. The van der Waals surface area contributed by atoms with Crippen LogP contribution in [0.3, 0.4) is 0 Å². The molecule has 24 heavy (non-hydrogen) atoms. The summed E-state index contributed by atoms with van der Waals surface area (Å²) in [5, 5.41) is 0. The second-order valence-corrected chi connectivity index (χ2v) is 8.49. The van der Waals surface area contributed by atoms with Gasteiger partial charge in [0.25, 0.3) is 0 Å². The topological polar surface area (TPSA) is 52.6 Å². The maximum Gasteiger partial charge on any atom is 0.333 e. The van der Waals surface area contributed by atoms with Gasteiger partial charge in [0.05, 0.1) is 0 Å². The Morgan fingerprint density at radius 1 is 1.00 bits per heavy atom. The smallest absolute Gasteiger partial charge is 0.333 e. The average Bonchev–Trinajstić information content (AvgIpc) is 2.82. The number of hydrogen-bond donors (Lipinski definition) is 0. The van der Waals surface area contributed by atoms with E-state index < -0.39 is 0 Å². The second kappa shape index (κ2) is 6.05. The minimum atomic E-state index is -0.384. The van der Waals surface area contributed by atoms with E-state index in [1.54, 1.807) is 13.8 Å². The van der Waals surface area contributed by atoms with Gasteiger partial charge in [0.15, 0.2) is 0 Å². The summed E-state index contributed by atoms with van der Waals surface area (Å²) in [5.74, 6) is -0.218. The van der Waals surface area contributed by atoms with Crippen molar-refractivity contribution < 1.29 is 19.1 Å². The fourth-order valence-electron chi connectivity index (χ4n) is 4.73. The largest absolute Gasteiger partial charge is 0.462 e. The van der Waals surface area contributed by atoms with Crippen molar-refractivity contribution in [2.24, 2.45) is 22.2 Å². The Balaban J connectivity index is 2.26. The molecule has 2 rings (SSSR count). The Morgan fingerprint density at radius 3 is 1.75 bits per heavy atom. The zero-order valence-corrected chi connectivity index (χ0v) is 15.7. The van der Waals surface area contributed by atoms with E-state index in [0.717, 1.165) is 12.8 Å². The maximum absolute atomic E-state index is 11.9. The minimum Gasteiger partial charge on any atom is -0.462 e. The molecule has 0 saturated heterocycles. The van der Waals surface area contributed by atoms with E-state index >= 15 is 0 Å². The fourth-order valence-corrected chi connectivity index (χ4v) is 4.73. The fraction of sp³-hybridized carbons (Fsp3) is 0.700. The molecular weight excluding hydrogens is 304 g/mol. The van der Waals surface area contributed by atoms with Crippen LogP contribution >= 0.6 is 0 Å². The number of carbonyl (C=O) groups excluding carboxylic acids is 2. The van der Waals surface area contributed by atoms with Crippen LogP contribution in [0.4, 0.5) is 0 Å². The quantitative estimate of drug-likeness (QED) is 0.543. The molecule has 2 atom stereocenters. The van der Waals surface area contributed by atoms with Gasteiger partial charge >= 0.3 is 11.9 Å². The minimum absolute atomic E-state index is 0.0463. The molecule has 2 aliphatic carbocycles. The molecule has 0 aromatic heterocycles. The molecule has 2 saturated carbocycles. The summed E-state index contributed by atoms with van der Waals surface area (Å²) in [6.45, 7) is 17.9. The highest BCUT2D eigenvalue weighted by atomic mass is 16.5. The van der Waals surface area contributed by atoms with Gasteiger partial charge in [-0.2, -0.15) is 0 Å². The number of rotatable bonds is 6. The summed E-state index contributed by atoms with van der Waals surface area (Å²) < 4.78 is 11.1. The Hall–Kier alpha value is -1.58. The predicted molar refractivity (Wildman–Crippen MR) is 93.2 cm³/mol. The first-order valence-electron chi connectivity index (χ1n) is 8.62. The van der Waals surface area contributed by atoms with E-state index in [0.29, 0.717) is 17.1 Å². The summed E-state index contributed by atoms with van der Waals surface area (Å²) in [5.41, 5.74) is 0.497. The van der Waals surface area contributed by atoms with Crippen LogP contribution in [0.5, 0.6) is 0 Å². The number of carbonyl (C=O) groups is 2. The Morgan fingerprint density at radius 2 is 1.46 bits per heavy atom. The van der Waals surface area contributed by atoms with Crippen LogP contribution in [-0.4, -0.2) is 25.2 Å². The van der Waals surface area contributed by atoms with Crippen LogP contribution < -0.4 is 0 Å². The van der Waals surface area contributed by atoms with Crippen LogP contribution in [0.15, 0.2) is 24.3 Å². The third kappa shape index (κ3) is 2.70. The first-order valence-corrected chi connectivity index (χ1v) is 8.62. The molecule has 0 aromatic carbocycles. The van der Waals surface area contributed by atoms with Gasteiger partial charge < -0.3 is 9.47 Å². The van der Waals surface area contributed by atoms with Crippen molar-refractivity contribution in [3.63, 3.8) is 0 Å². The zero-order valence-electron chi connectivity index (χ0n) is 15.7. The molecular formula is C20H30O4. The van der Waals surface area contributed by atoms with E-state index in [1.165, 1.54) is 6.42 Å². The van der Waals surface area contributed by atoms with Crippen LogP contribution in [-0.2, 0) is 19.1 Å². The summed E-state index contributed by atoms with van der Waals surface area (Å²) in [6.07, 6.45) is 3.14. The van der Waals surface area contributed by atoms with E-state index in [9.17, 15) is 9.59 Å². The second-order valence-electron chi connectivity index (χ2n) is 8.49. The molecule has 4 heteroatoms. The molecule has 0 amide bonds. The summed E-state index contributed by atoms with van der Waals surface area (Å²) >= 11 is 0. The van der Waals surface area contributed by atoms with Gasteiger partial charge in [-0.3, -0.25) is 0 Å². The Bertz CT molecular complexity index is 556. The number of hydrogen-bond acceptors (Lipinski definition) is 4. The number of esters is 2. The third-order valence-corrected chi connectivity index (χ3v) is 6.90. The van der Waals surface area contributed by atoms with Crippen LogP contribution in [0, 0.1) is 22.2 Å². The van der Waals surface area contributed by atoms with E-state index in [2.05, 4.69) is 33.9 Å². The van der Waals surface area contributed by atoms with E-state index in [4.69, 9.17) is 9.47 Å². The highest BCUT2D eigenvalue weighted by Gasteiger charge is 2.69. The van der Waals surface area contributed by atoms with Gasteiger partial charge in [-0.25, -0.2) is 9.59 Å². The molecule has 0 aliphatic heterocycles. The van der Waals surface area contributed by atoms with Gasteiger partial charge in [-0.15, -0.1) is 0 Å². The van der Waals surface area contributed by atoms with E-state index in [-0.39, 0.29) is 41.4 Å². The molecule has 0 N–H and O–H groups in total. The molecule has 0 aromatic rings. The maximum atomic E-state index is 11.9. The lowest BCUT2D eigenvalue weighted by Gasteiger charge is -2.47. The number of ether oxygens (including phenoxy) is 2. The van der Waals surface area contributed by atoms with E-state index in [1.807, 2.05) is 0 Å². The third-order valence-electron chi connectivity index (χ3n) is 6.90. The molecule has 2 fully saturated rings. The normalized spacial score (nSPS) is 29.1. The summed E-state index contributed by atoms with van der Waals surface area (Å²) in [7, 11) is 0. The van der Waals surface area contributed by atoms with Crippen LogP contribution in [0.25, 0.3) is 0 Å².